The lowest BCUT2D eigenvalue weighted by atomic mass is 9.63. The van der Waals surface area contributed by atoms with E-state index < -0.39 is 0 Å². The Bertz CT molecular complexity index is 530. The van der Waals surface area contributed by atoms with E-state index in [4.69, 9.17) is 4.74 Å². The van der Waals surface area contributed by atoms with Gasteiger partial charge in [0.2, 0.25) is 5.56 Å². The van der Waals surface area contributed by atoms with Crippen LogP contribution in [0.3, 0.4) is 0 Å². The van der Waals surface area contributed by atoms with Crippen LogP contribution in [0.2, 0.25) is 0 Å². The zero-order valence-corrected chi connectivity index (χ0v) is 12.5. The Hall–Kier alpha value is -1.62. The molecular weight excluding hydrogens is 256 g/mol. The van der Waals surface area contributed by atoms with E-state index >= 15 is 0 Å². The summed E-state index contributed by atoms with van der Waals surface area (Å²) in [6.45, 7) is 6.92. The Labute approximate surface area is 118 Å². The summed E-state index contributed by atoms with van der Waals surface area (Å²) in [6.07, 6.45) is 2.52. The van der Waals surface area contributed by atoms with Crippen molar-refractivity contribution in [2.45, 2.75) is 39.3 Å². The van der Waals surface area contributed by atoms with E-state index in [-0.39, 0.29) is 29.0 Å². The SMILES string of the molecule is CCOC1CC(N(C)C(=O)c2ccc(=O)[nH]c2)C1(C)C. The maximum absolute atomic E-state index is 12.4. The van der Waals surface area contributed by atoms with Gasteiger partial charge in [-0.15, -0.1) is 0 Å². The number of carbonyl (C=O) groups excluding carboxylic acids is 1. The van der Waals surface area contributed by atoms with Crippen molar-refractivity contribution >= 4 is 5.91 Å². The summed E-state index contributed by atoms with van der Waals surface area (Å²) in [6, 6.07) is 3.08. The molecule has 1 N–H and O–H groups in total. The van der Waals surface area contributed by atoms with Crippen molar-refractivity contribution in [2.75, 3.05) is 13.7 Å². The number of H-pyrrole nitrogens is 1. The number of aromatic nitrogens is 1. The third-order valence-electron chi connectivity index (χ3n) is 4.31. The quantitative estimate of drug-likeness (QED) is 0.911. The van der Waals surface area contributed by atoms with Crippen LogP contribution >= 0.6 is 0 Å². The minimum atomic E-state index is -0.204. The smallest absolute Gasteiger partial charge is 0.255 e. The molecular formula is C15H22N2O3. The molecule has 2 atom stereocenters. The summed E-state index contributed by atoms with van der Waals surface area (Å²) in [5.74, 6) is -0.0747. The summed E-state index contributed by atoms with van der Waals surface area (Å²) in [5.41, 5.74) is 0.246. The van der Waals surface area contributed by atoms with Crippen molar-refractivity contribution in [1.82, 2.24) is 9.88 Å². The Morgan fingerprint density at radius 1 is 1.50 bits per heavy atom. The number of pyridine rings is 1. The molecule has 1 saturated carbocycles. The average Bonchev–Trinajstić information content (AvgIpc) is 2.42. The van der Waals surface area contributed by atoms with Gasteiger partial charge in [-0.25, -0.2) is 0 Å². The van der Waals surface area contributed by atoms with Gasteiger partial charge in [0.1, 0.15) is 0 Å². The summed E-state index contributed by atoms with van der Waals surface area (Å²) >= 11 is 0. The van der Waals surface area contributed by atoms with Gasteiger partial charge in [0.05, 0.1) is 11.7 Å². The van der Waals surface area contributed by atoms with Crippen LogP contribution in [0.1, 0.15) is 37.6 Å². The lowest BCUT2D eigenvalue weighted by Crippen LogP contribution is -2.62. The average molecular weight is 278 g/mol. The van der Waals surface area contributed by atoms with Gasteiger partial charge < -0.3 is 14.6 Å². The molecule has 1 aromatic heterocycles. The maximum atomic E-state index is 12.4. The molecule has 0 radical (unpaired) electrons. The predicted molar refractivity (Wildman–Crippen MR) is 76.8 cm³/mol. The van der Waals surface area contributed by atoms with Crippen LogP contribution in [-0.2, 0) is 4.74 Å². The van der Waals surface area contributed by atoms with Gasteiger partial charge in [-0.05, 0) is 19.4 Å². The van der Waals surface area contributed by atoms with Crippen LogP contribution in [0.5, 0.6) is 0 Å². The number of amides is 1. The van der Waals surface area contributed by atoms with E-state index in [1.807, 2.05) is 14.0 Å². The summed E-state index contributed by atoms with van der Waals surface area (Å²) < 4.78 is 5.69. The van der Waals surface area contributed by atoms with Crippen LogP contribution in [-0.4, -0.2) is 41.6 Å². The minimum Gasteiger partial charge on any atom is -0.378 e. The van der Waals surface area contributed by atoms with Gasteiger partial charge >= 0.3 is 0 Å². The van der Waals surface area contributed by atoms with Crippen molar-refractivity contribution in [3.8, 4) is 0 Å². The topological polar surface area (TPSA) is 62.4 Å². The molecule has 1 aliphatic rings. The fourth-order valence-corrected chi connectivity index (χ4v) is 2.89. The molecule has 1 amide bonds. The Balaban J connectivity index is 2.09. The molecule has 1 aliphatic carbocycles. The minimum absolute atomic E-state index is 0.0530. The number of aromatic amines is 1. The molecule has 1 heterocycles. The Morgan fingerprint density at radius 3 is 2.70 bits per heavy atom. The number of carbonyl (C=O) groups is 1. The molecule has 0 saturated heterocycles. The highest BCUT2D eigenvalue weighted by molar-refractivity contribution is 5.94. The highest BCUT2D eigenvalue weighted by Gasteiger charge is 2.51. The molecule has 110 valence electrons. The van der Waals surface area contributed by atoms with Crippen LogP contribution in [0.4, 0.5) is 0 Å². The zero-order valence-electron chi connectivity index (χ0n) is 12.5. The first kappa shape index (κ1) is 14.8. The first-order valence-electron chi connectivity index (χ1n) is 6.95. The third-order valence-corrected chi connectivity index (χ3v) is 4.31. The van der Waals surface area contributed by atoms with Gasteiger partial charge in [-0.2, -0.15) is 0 Å². The van der Waals surface area contributed by atoms with Gasteiger partial charge in [-0.1, -0.05) is 13.8 Å². The largest absolute Gasteiger partial charge is 0.378 e. The van der Waals surface area contributed by atoms with E-state index in [2.05, 4.69) is 18.8 Å². The fourth-order valence-electron chi connectivity index (χ4n) is 2.89. The van der Waals surface area contributed by atoms with Crippen molar-refractivity contribution in [2.24, 2.45) is 5.41 Å². The zero-order chi connectivity index (χ0) is 14.9. The number of hydrogen-bond donors (Lipinski definition) is 1. The second kappa shape index (κ2) is 5.40. The second-order valence-electron chi connectivity index (χ2n) is 5.87. The summed E-state index contributed by atoms with van der Waals surface area (Å²) in [7, 11) is 1.81. The van der Waals surface area contributed by atoms with Crippen LogP contribution < -0.4 is 5.56 Å². The molecule has 0 bridgehead atoms. The van der Waals surface area contributed by atoms with Crippen LogP contribution in [0, 0.1) is 5.41 Å². The predicted octanol–water partition coefficient (Wildman–Crippen LogP) is 1.65. The molecule has 2 rings (SSSR count). The van der Waals surface area contributed by atoms with Gasteiger partial charge in [0.25, 0.3) is 5.91 Å². The van der Waals surface area contributed by atoms with Crippen molar-refractivity contribution < 1.29 is 9.53 Å². The number of nitrogens with zero attached hydrogens (tertiary/aromatic N) is 1. The highest BCUT2D eigenvalue weighted by atomic mass is 16.5. The standard InChI is InChI=1S/C15H22N2O3/c1-5-20-12-8-11(15(12,2)3)17(4)14(19)10-6-7-13(18)16-9-10/h6-7,9,11-12H,5,8H2,1-4H3,(H,16,18). The van der Waals surface area contributed by atoms with Crippen molar-refractivity contribution in [3.05, 3.63) is 34.2 Å². The molecule has 5 heteroatoms. The van der Waals surface area contributed by atoms with E-state index in [1.54, 1.807) is 11.0 Å². The molecule has 20 heavy (non-hydrogen) atoms. The fraction of sp³-hybridized carbons (Fsp3) is 0.600. The molecule has 1 aromatic rings. The van der Waals surface area contributed by atoms with Gasteiger partial charge in [0, 0.05) is 37.4 Å². The lowest BCUT2D eigenvalue weighted by Gasteiger charge is -2.54. The second-order valence-corrected chi connectivity index (χ2v) is 5.87. The van der Waals surface area contributed by atoms with Crippen LogP contribution in [0.25, 0.3) is 0 Å². The number of hydrogen-bond acceptors (Lipinski definition) is 3. The van der Waals surface area contributed by atoms with E-state index in [1.165, 1.54) is 12.3 Å². The number of rotatable bonds is 4. The molecule has 1 fully saturated rings. The summed E-state index contributed by atoms with van der Waals surface area (Å²) in [4.78, 5) is 27.7. The van der Waals surface area contributed by atoms with E-state index in [0.717, 1.165) is 6.42 Å². The molecule has 0 aromatic carbocycles. The summed E-state index contributed by atoms with van der Waals surface area (Å²) in [5, 5.41) is 0. The molecule has 0 spiro atoms. The first-order valence-corrected chi connectivity index (χ1v) is 6.95. The number of ether oxygens (including phenoxy) is 1. The lowest BCUT2D eigenvalue weighted by molar-refractivity contribution is -0.136. The maximum Gasteiger partial charge on any atom is 0.255 e. The first-order chi connectivity index (χ1) is 9.37. The van der Waals surface area contributed by atoms with E-state index in [0.29, 0.717) is 12.2 Å². The Kier molecular flexibility index (Phi) is 3.99. The Morgan fingerprint density at radius 2 is 2.20 bits per heavy atom. The highest BCUT2D eigenvalue weighted by Crippen LogP contribution is 2.45. The van der Waals surface area contributed by atoms with Crippen molar-refractivity contribution in [1.29, 1.82) is 0 Å². The monoisotopic (exact) mass is 278 g/mol. The van der Waals surface area contributed by atoms with E-state index in [9.17, 15) is 9.59 Å². The van der Waals surface area contributed by atoms with Crippen molar-refractivity contribution in [3.63, 3.8) is 0 Å². The van der Waals surface area contributed by atoms with Crippen LogP contribution in [0.15, 0.2) is 23.1 Å². The molecule has 2 unspecified atom stereocenters. The third kappa shape index (κ3) is 2.50. The van der Waals surface area contributed by atoms with Gasteiger partial charge in [-0.3, -0.25) is 9.59 Å². The normalized spacial score (nSPS) is 24.0. The molecule has 0 aliphatic heterocycles. The van der Waals surface area contributed by atoms with Gasteiger partial charge in [0.15, 0.2) is 0 Å². The molecule has 5 nitrogen and oxygen atoms in total. The number of nitrogens with one attached hydrogen (secondary N) is 1.